The summed E-state index contributed by atoms with van der Waals surface area (Å²) in [5.74, 6) is 0.899. The molecular weight excluding hydrogens is 356 g/mol. The summed E-state index contributed by atoms with van der Waals surface area (Å²) in [5, 5.41) is 6.48. The maximum atomic E-state index is 12.2. The second-order valence-corrected chi connectivity index (χ2v) is 8.60. The molecule has 3 rings (SSSR count). The summed E-state index contributed by atoms with van der Waals surface area (Å²) in [5.41, 5.74) is 0.912. The molecule has 1 unspecified atom stereocenters. The van der Waals surface area contributed by atoms with Gasteiger partial charge in [-0.05, 0) is 37.1 Å². The van der Waals surface area contributed by atoms with Gasteiger partial charge in [-0.2, -0.15) is 0 Å². The number of hydrogen-bond donors (Lipinski definition) is 1. The Morgan fingerprint density at radius 2 is 2.12 bits per heavy atom. The summed E-state index contributed by atoms with van der Waals surface area (Å²) in [7, 11) is -3.04. The number of nitrogens with zero attached hydrogens (tertiary/aromatic N) is 1. The van der Waals surface area contributed by atoms with Crippen molar-refractivity contribution in [3.63, 3.8) is 0 Å². The molecule has 140 valence electrons. The molecule has 1 N–H and O–H groups in total. The average molecular weight is 378 g/mol. The highest BCUT2D eigenvalue weighted by molar-refractivity contribution is 7.91. The Morgan fingerprint density at radius 3 is 2.77 bits per heavy atom. The Balaban J connectivity index is 1.61. The summed E-state index contributed by atoms with van der Waals surface area (Å²) in [6.45, 7) is 2.79. The number of sulfone groups is 1. The van der Waals surface area contributed by atoms with Crippen LogP contribution in [0.4, 0.5) is 0 Å². The SMILES string of the molecule is CCCCOc1ccc(-c2cc(C(=O)NC3CCS(=O)(=O)C3)no2)cc1. The van der Waals surface area contributed by atoms with Crippen LogP contribution in [0.3, 0.4) is 0 Å². The molecule has 0 spiro atoms. The van der Waals surface area contributed by atoms with Gasteiger partial charge >= 0.3 is 0 Å². The second kappa shape index (κ2) is 7.90. The van der Waals surface area contributed by atoms with Gasteiger partial charge in [-0.3, -0.25) is 4.79 Å². The molecule has 1 atom stereocenters. The molecule has 1 aliphatic rings. The van der Waals surface area contributed by atoms with E-state index in [2.05, 4.69) is 17.4 Å². The van der Waals surface area contributed by atoms with Crippen LogP contribution in [0, 0.1) is 0 Å². The summed E-state index contributed by atoms with van der Waals surface area (Å²) in [6, 6.07) is 8.55. The van der Waals surface area contributed by atoms with Crippen LogP contribution in [0.5, 0.6) is 5.75 Å². The van der Waals surface area contributed by atoms with Gasteiger partial charge in [0, 0.05) is 17.7 Å². The van der Waals surface area contributed by atoms with E-state index in [0.29, 0.717) is 18.8 Å². The number of unbranched alkanes of at least 4 members (excludes halogenated alkanes) is 1. The smallest absolute Gasteiger partial charge is 0.273 e. The summed E-state index contributed by atoms with van der Waals surface area (Å²) in [4.78, 5) is 12.2. The van der Waals surface area contributed by atoms with Crippen molar-refractivity contribution in [2.24, 2.45) is 0 Å². The minimum absolute atomic E-state index is 0.0249. The molecule has 0 radical (unpaired) electrons. The molecule has 26 heavy (non-hydrogen) atoms. The Labute approximate surface area is 152 Å². The van der Waals surface area contributed by atoms with E-state index in [1.54, 1.807) is 6.07 Å². The van der Waals surface area contributed by atoms with Crippen LogP contribution in [0.25, 0.3) is 11.3 Å². The molecule has 1 aliphatic heterocycles. The predicted molar refractivity (Wildman–Crippen MR) is 96.9 cm³/mol. The van der Waals surface area contributed by atoms with Gasteiger partial charge in [-0.15, -0.1) is 0 Å². The van der Waals surface area contributed by atoms with Crippen molar-refractivity contribution < 1.29 is 22.5 Å². The lowest BCUT2D eigenvalue weighted by Crippen LogP contribution is -2.35. The maximum Gasteiger partial charge on any atom is 0.273 e. The Bertz CT molecular complexity index is 858. The van der Waals surface area contributed by atoms with Crippen molar-refractivity contribution in [3.8, 4) is 17.1 Å². The summed E-state index contributed by atoms with van der Waals surface area (Å²) < 4.78 is 33.8. The first-order valence-corrected chi connectivity index (χ1v) is 10.5. The minimum Gasteiger partial charge on any atom is -0.494 e. The highest BCUT2D eigenvalue weighted by Gasteiger charge is 2.29. The third kappa shape index (κ3) is 4.63. The molecule has 2 heterocycles. The van der Waals surface area contributed by atoms with E-state index in [0.717, 1.165) is 24.2 Å². The Kier molecular flexibility index (Phi) is 5.61. The Hall–Kier alpha value is -2.35. The fourth-order valence-corrected chi connectivity index (χ4v) is 4.41. The van der Waals surface area contributed by atoms with E-state index >= 15 is 0 Å². The number of aromatic nitrogens is 1. The molecule has 8 heteroatoms. The largest absolute Gasteiger partial charge is 0.494 e. The number of benzene rings is 1. The molecule has 0 saturated carbocycles. The molecule has 1 aromatic heterocycles. The Morgan fingerprint density at radius 1 is 1.35 bits per heavy atom. The number of rotatable bonds is 7. The zero-order valence-electron chi connectivity index (χ0n) is 14.6. The van der Waals surface area contributed by atoms with Crippen molar-refractivity contribution in [3.05, 3.63) is 36.0 Å². The highest BCUT2D eigenvalue weighted by atomic mass is 32.2. The predicted octanol–water partition coefficient (Wildman–Crippen LogP) is 2.44. The number of ether oxygens (including phenoxy) is 1. The molecule has 7 nitrogen and oxygen atoms in total. The molecule has 1 amide bonds. The van der Waals surface area contributed by atoms with E-state index in [-0.39, 0.29) is 23.2 Å². The van der Waals surface area contributed by atoms with E-state index in [4.69, 9.17) is 9.26 Å². The second-order valence-electron chi connectivity index (χ2n) is 6.38. The van der Waals surface area contributed by atoms with Gasteiger partial charge < -0.3 is 14.6 Å². The quantitative estimate of drug-likeness (QED) is 0.743. The third-order valence-corrected chi connectivity index (χ3v) is 5.98. The zero-order valence-corrected chi connectivity index (χ0v) is 15.4. The van der Waals surface area contributed by atoms with E-state index in [1.165, 1.54) is 0 Å². The molecule has 1 saturated heterocycles. The van der Waals surface area contributed by atoms with Crippen molar-refractivity contribution >= 4 is 15.7 Å². The van der Waals surface area contributed by atoms with Crippen LogP contribution < -0.4 is 10.1 Å². The monoisotopic (exact) mass is 378 g/mol. The van der Waals surface area contributed by atoms with Crippen LogP contribution in [0.2, 0.25) is 0 Å². The number of carbonyl (C=O) groups is 1. The fraction of sp³-hybridized carbons (Fsp3) is 0.444. The van der Waals surface area contributed by atoms with Crippen LogP contribution in [-0.4, -0.2) is 43.6 Å². The van der Waals surface area contributed by atoms with Gasteiger partial charge in [-0.25, -0.2) is 8.42 Å². The van der Waals surface area contributed by atoms with E-state index < -0.39 is 15.7 Å². The topological polar surface area (TPSA) is 98.5 Å². The molecule has 0 bridgehead atoms. The average Bonchev–Trinajstić information content (AvgIpc) is 3.22. The lowest BCUT2D eigenvalue weighted by molar-refractivity contribution is 0.0932. The van der Waals surface area contributed by atoms with Crippen molar-refractivity contribution in [1.29, 1.82) is 0 Å². The van der Waals surface area contributed by atoms with E-state index in [9.17, 15) is 13.2 Å². The van der Waals surface area contributed by atoms with Gasteiger partial charge in [0.25, 0.3) is 5.91 Å². The number of hydrogen-bond acceptors (Lipinski definition) is 6. The normalized spacial score (nSPS) is 18.6. The standard InChI is InChI=1S/C18H22N2O5S/c1-2-3-9-24-15-6-4-13(5-7-15)17-11-16(20-25-17)18(21)19-14-8-10-26(22,23)12-14/h4-7,11,14H,2-3,8-10,12H2,1H3,(H,19,21). The van der Waals surface area contributed by atoms with Gasteiger partial charge in [0.15, 0.2) is 21.3 Å². The first-order valence-electron chi connectivity index (χ1n) is 8.68. The fourth-order valence-electron chi connectivity index (χ4n) is 2.74. The van der Waals surface area contributed by atoms with Gasteiger partial charge in [-0.1, -0.05) is 18.5 Å². The molecule has 1 fully saturated rings. The maximum absolute atomic E-state index is 12.2. The third-order valence-electron chi connectivity index (χ3n) is 4.22. The molecular formula is C18H22N2O5S. The highest BCUT2D eigenvalue weighted by Crippen LogP contribution is 2.23. The van der Waals surface area contributed by atoms with Gasteiger partial charge in [0.2, 0.25) is 0 Å². The van der Waals surface area contributed by atoms with Gasteiger partial charge in [0.1, 0.15) is 5.75 Å². The van der Waals surface area contributed by atoms with Crippen LogP contribution >= 0.6 is 0 Å². The summed E-state index contributed by atoms with van der Waals surface area (Å²) in [6.07, 6.45) is 2.51. The summed E-state index contributed by atoms with van der Waals surface area (Å²) >= 11 is 0. The molecule has 1 aromatic carbocycles. The lowest BCUT2D eigenvalue weighted by atomic mass is 10.1. The zero-order chi connectivity index (χ0) is 18.6. The van der Waals surface area contributed by atoms with Crippen molar-refractivity contribution in [1.82, 2.24) is 10.5 Å². The lowest BCUT2D eigenvalue weighted by Gasteiger charge is -2.08. The number of nitrogens with one attached hydrogen (secondary N) is 1. The molecule has 0 aliphatic carbocycles. The van der Waals surface area contributed by atoms with Gasteiger partial charge in [0.05, 0.1) is 18.1 Å². The minimum atomic E-state index is -3.04. The first-order chi connectivity index (χ1) is 12.5. The van der Waals surface area contributed by atoms with Crippen LogP contribution in [-0.2, 0) is 9.84 Å². The van der Waals surface area contributed by atoms with Crippen molar-refractivity contribution in [2.75, 3.05) is 18.1 Å². The van der Waals surface area contributed by atoms with Crippen molar-refractivity contribution in [2.45, 2.75) is 32.2 Å². The van der Waals surface area contributed by atoms with Crippen LogP contribution in [0.1, 0.15) is 36.7 Å². The van der Waals surface area contributed by atoms with E-state index in [1.807, 2.05) is 24.3 Å². The number of carbonyl (C=O) groups excluding carboxylic acids is 1. The number of amides is 1. The first kappa shape index (κ1) is 18.4. The van der Waals surface area contributed by atoms with Crippen LogP contribution in [0.15, 0.2) is 34.9 Å². The molecule has 2 aromatic rings.